The Morgan fingerprint density at radius 2 is 2.06 bits per heavy atom. The van der Waals surface area contributed by atoms with Gasteiger partial charge in [0.2, 0.25) is 0 Å². The van der Waals surface area contributed by atoms with E-state index in [-0.39, 0.29) is 0 Å². The molecule has 1 aliphatic heterocycles. The van der Waals surface area contributed by atoms with Crippen molar-refractivity contribution in [2.45, 2.75) is 31.5 Å². The van der Waals surface area contributed by atoms with Crippen LogP contribution in [-0.2, 0) is 14.3 Å². The van der Waals surface area contributed by atoms with Gasteiger partial charge in [0, 0.05) is 33.3 Å². The van der Waals surface area contributed by atoms with E-state index in [1.807, 2.05) is 12.1 Å². The van der Waals surface area contributed by atoms with Crippen LogP contribution in [0.25, 0.3) is 31.4 Å². The fraction of sp³-hybridized carbons (Fsp3) is 0.286. The molecule has 5 heterocycles. The first-order valence-electron chi connectivity index (χ1n) is 9.64. The highest BCUT2D eigenvalue weighted by molar-refractivity contribution is 7.23. The number of aliphatic hydroxyl groups is 2. The summed E-state index contributed by atoms with van der Waals surface area (Å²) in [5.41, 5.74) is 2.14. The molecule has 8 nitrogen and oxygen atoms in total. The number of aromatic nitrogens is 3. The largest absolute Gasteiger partial charge is 0.457 e. The van der Waals surface area contributed by atoms with Crippen LogP contribution in [0.4, 0.5) is 0 Å². The van der Waals surface area contributed by atoms with Crippen LogP contribution in [-0.4, -0.2) is 55.6 Å². The number of esters is 1. The predicted molar refractivity (Wildman–Crippen MR) is 117 cm³/mol. The molecule has 0 aromatic carbocycles. The van der Waals surface area contributed by atoms with Gasteiger partial charge < -0.3 is 19.7 Å². The third kappa shape index (κ3) is 3.56. The highest BCUT2D eigenvalue weighted by Gasteiger charge is 2.47. The number of carbonyl (C=O) groups excluding carboxylic acids is 1. The molecule has 1 fully saturated rings. The van der Waals surface area contributed by atoms with E-state index in [0.29, 0.717) is 11.2 Å². The summed E-state index contributed by atoms with van der Waals surface area (Å²) in [5, 5.41) is 22.4. The van der Waals surface area contributed by atoms with Crippen molar-refractivity contribution in [3.05, 3.63) is 48.2 Å². The minimum atomic E-state index is -1.17. The topological polar surface area (TPSA) is 107 Å². The highest BCUT2D eigenvalue weighted by atomic mass is 32.1. The van der Waals surface area contributed by atoms with Crippen molar-refractivity contribution in [1.82, 2.24) is 14.5 Å². The third-order valence-corrected chi connectivity index (χ3v) is 7.35. The number of thiophene rings is 2. The Morgan fingerprint density at radius 3 is 2.81 bits per heavy atom. The second kappa shape index (κ2) is 8.13. The molecule has 0 amide bonds. The Morgan fingerprint density at radius 1 is 1.23 bits per heavy atom. The number of nitrogens with zero attached hydrogens (tertiary/aromatic N) is 3. The molecule has 0 radical (unpaired) electrons. The molecular weight excluding hydrogens is 438 g/mol. The van der Waals surface area contributed by atoms with Gasteiger partial charge in [-0.1, -0.05) is 6.07 Å². The number of hydrogen-bond donors (Lipinski definition) is 2. The maximum atomic E-state index is 11.4. The van der Waals surface area contributed by atoms with Crippen molar-refractivity contribution < 1.29 is 24.5 Å². The minimum Gasteiger partial charge on any atom is -0.457 e. The van der Waals surface area contributed by atoms with Gasteiger partial charge in [0.05, 0.1) is 12.9 Å². The van der Waals surface area contributed by atoms with Gasteiger partial charge in [0.25, 0.3) is 0 Å². The minimum absolute atomic E-state index is 0.391. The predicted octanol–water partition coefficient (Wildman–Crippen LogP) is 3.07. The standard InChI is InChI=1S/C21H19N3O5S2/c1-11(26)28-19-13(9-25)29-21(18(19)27)24-10-23-17-12(6-7-22-20(17)24)14-4-5-16(31-14)15-3-2-8-30-15/h2-8,10,13,18-19,21,25,27H,9H2,1H3/t13-,18-,19-,21-/m1/s1. The average Bonchev–Trinajstić information content (AvgIpc) is 3.54. The Kier molecular flexibility index (Phi) is 5.32. The van der Waals surface area contributed by atoms with E-state index in [9.17, 15) is 15.0 Å². The maximum absolute atomic E-state index is 11.4. The molecule has 5 rings (SSSR count). The molecule has 4 aromatic heterocycles. The molecule has 0 saturated carbocycles. The van der Waals surface area contributed by atoms with Crippen molar-refractivity contribution in [2.24, 2.45) is 0 Å². The van der Waals surface area contributed by atoms with Crippen molar-refractivity contribution in [1.29, 1.82) is 0 Å². The maximum Gasteiger partial charge on any atom is 0.303 e. The summed E-state index contributed by atoms with van der Waals surface area (Å²) in [6, 6.07) is 10.2. The lowest BCUT2D eigenvalue weighted by atomic mass is 10.1. The summed E-state index contributed by atoms with van der Waals surface area (Å²) >= 11 is 3.37. The zero-order chi connectivity index (χ0) is 21.5. The van der Waals surface area contributed by atoms with Crippen LogP contribution in [0.1, 0.15) is 13.2 Å². The number of aliphatic hydroxyl groups excluding tert-OH is 2. The summed E-state index contributed by atoms with van der Waals surface area (Å²) < 4.78 is 12.6. The zero-order valence-corrected chi connectivity index (χ0v) is 18.0. The molecule has 160 valence electrons. The molecular formula is C21H19N3O5S2. The smallest absolute Gasteiger partial charge is 0.303 e. The zero-order valence-electron chi connectivity index (χ0n) is 16.4. The molecule has 0 unspecified atom stereocenters. The molecule has 0 aliphatic carbocycles. The van der Waals surface area contributed by atoms with E-state index in [4.69, 9.17) is 9.47 Å². The molecule has 4 aromatic rings. The van der Waals surface area contributed by atoms with E-state index in [1.165, 1.54) is 16.7 Å². The fourth-order valence-corrected chi connectivity index (χ4v) is 5.65. The lowest BCUT2D eigenvalue weighted by Crippen LogP contribution is -2.37. The first kappa shape index (κ1) is 20.3. The van der Waals surface area contributed by atoms with Gasteiger partial charge >= 0.3 is 5.97 Å². The van der Waals surface area contributed by atoms with Crippen LogP contribution < -0.4 is 0 Å². The van der Waals surface area contributed by atoms with Crippen LogP contribution in [0.2, 0.25) is 0 Å². The Bertz CT molecular complexity index is 1220. The average molecular weight is 458 g/mol. The van der Waals surface area contributed by atoms with Gasteiger partial charge in [0.15, 0.2) is 18.0 Å². The summed E-state index contributed by atoms with van der Waals surface area (Å²) in [4.78, 5) is 23.8. The number of imidazole rings is 1. The Balaban J connectivity index is 1.51. The van der Waals surface area contributed by atoms with Crippen LogP contribution in [0, 0.1) is 0 Å². The number of carbonyl (C=O) groups is 1. The molecule has 10 heteroatoms. The van der Waals surface area contributed by atoms with E-state index in [1.54, 1.807) is 39.8 Å². The van der Waals surface area contributed by atoms with Crippen molar-refractivity contribution in [3.63, 3.8) is 0 Å². The van der Waals surface area contributed by atoms with Crippen LogP contribution >= 0.6 is 22.7 Å². The lowest BCUT2D eigenvalue weighted by Gasteiger charge is -2.19. The van der Waals surface area contributed by atoms with Gasteiger partial charge in [-0.05, 0) is 29.6 Å². The SMILES string of the molecule is CC(=O)O[C@H]1[C@@H](O)[C@H](n2cnc3c(-c4ccc(-c5cccs5)s4)ccnc32)O[C@@H]1CO. The fourth-order valence-electron chi connectivity index (χ4n) is 3.79. The van der Waals surface area contributed by atoms with E-state index >= 15 is 0 Å². The third-order valence-electron chi connectivity index (χ3n) is 5.16. The molecule has 1 aliphatic rings. The Hall–Kier alpha value is -2.63. The van der Waals surface area contributed by atoms with E-state index in [2.05, 4.69) is 33.5 Å². The van der Waals surface area contributed by atoms with Crippen LogP contribution in [0.3, 0.4) is 0 Å². The van der Waals surface area contributed by atoms with Gasteiger partial charge in [-0.25, -0.2) is 9.97 Å². The second-order valence-corrected chi connectivity index (χ2v) is 9.17. The van der Waals surface area contributed by atoms with Gasteiger partial charge in [-0.3, -0.25) is 9.36 Å². The summed E-state index contributed by atoms with van der Waals surface area (Å²) in [6.45, 7) is 0.859. The van der Waals surface area contributed by atoms with Crippen molar-refractivity contribution in [2.75, 3.05) is 6.61 Å². The van der Waals surface area contributed by atoms with Gasteiger partial charge in [0.1, 0.15) is 17.7 Å². The summed E-state index contributed by atoms with van der Waals surface area (Å²) in [6.07, 6.45) is -0.633. The van der Waals surface area contributed by atoms with Gasteiger partial charge in [-0.15, -0.1) is 22.7 Å². The van der Waals surface area contributed by atoms with Crippen molar-refractivity contribution in [3.8, 4) is 20.2 Å². The summed E-state index contributed by atoms with van der Waals surface area (Å²) in [7, 11) is 0. The quantitative estimate of drug-likeness (QED) is 0.444. The molecule has 0 spiro atoms. The van der Waals surface area contributed by atoms with E-state index < -0.39 is 37.1 Å². The number of hydrogen-bond acceptors (Lipinski definition) is 9. The van der Waals surface area contributed by atoms with Crippen molar-refractivity contribution >= 4 is 39.8 Å². The molecule has 4 atom stereocenters. The van der Waals surface area contributed by atoms with E-state index in [0.717, 1.165) is 10.4 Å². The monoisotopic (exact) mass is 457 g/mol. The first-order valence-corrected chi connectivity index (χ1v) is 11.3. The van der Waals surface area contributed by atoms with Crippen LogP contribution in [0.15, 0.2) is 48.2 Å². The number of rotatable bonds is 5. The second-order valence-electron chi connectivity index (χ2n) is 7.14. The normalized spacial score (nSPS) is 23.5. The number of pyridine rings is 1. The van der Waals surface area contributed by atoms with Crippen LogP contribution in [0.5, 0.6) is 0 Å². The Labute approximate surface area is 185 Å². The number of fused-ring (bicyclic) bond motifs is 1. The molecule has 1 saturated heterocycles. The highest BCUT2D eigenvalue weighted by Crippen LogP contribution is 2.39. The molecule has 0 bridgehead atoms. The summed E-state index contributed by atoms with van der Waals surface area (Å²) in [5.74, 6) is -0.554. The van der Waals surface area contributed by atoms with Gasteiger partial charge in [-0.2, -0.15) is 0 Å². The molecule has 2 N–H and O–H groups in total. The lowest BCUT2D eigenvalue weighted by molar-refractivity contribution is -0.153. The molecule has 31 heavy (non-hydrogen) atoms. The first-order chi connectivity index (χ1) is 15.1. The number of ether oxygens (including phenoxy) is 2.